The zero-order valence-electron chi connectivity index (χ0n) is 12.1. The number of hydrogen-bond donors (Lipinski definition) is 1. The molecule has 2 rings (SSSR count). The summed E-state index contributed by atoms with van der Waals surface area (Å²) >= 11 is 3.36. The third kappa shape index (κ3) is 4.33. The number of carbonyl (C=O) groups is 1. The van der Waals surface area contributed by atoms with Crippen molar-refractivity contribution in [1.82, 2.24) is 0 Å². The molecule has 1 atom stereocenters. The summed E-state index contributed by atoms with van der Waals surface area (Å²) in [6, 6.07) is 15.2. The zero-order valence-corrected chi connectivity index (χ0v) is 13.7. The van der Waals surface area contributed by atoms with E-state index in [1.165, 1.54) is 0 Å². The van der Waals surface area contributed by atoms with Crippen molar-refractivity contribution in [1.29, 1.82) is 0 Å². The van der Waals surface area contributed by atoms with E-state index in [0.29, 0.717) is 0 Å². The summed E-state index contributed by atoms with van der Waals surface area (Å²) in [5, 5.41) is 2.84. The lowest BCUT2D eigenvalue weighted by Gasteiger charge is -2.17. The van der Waals surface area contributed by atoms with Crippen LogP contribution in [0, 0.1) is 0 Å². The maximum Gasteiger partial charge on any atom is 0.265 e. The van der Waals surface area contributed by atoms with Crippen molar-refractivity contribution in [2.24, 2.45) is 0 Å². The minimum absolute atomic E-state index is 0.164. The number of para-hydroxylation sites is 1. The molecule has 0 saturated heterocycles. The van der Waals surface area contributed by atoms with Crippen molar-refractivity contribution < 1.29 is 9.53 Å². The molecule has 1 amide bonds. The van der Waals surface area contributed by atoms with E-state index in [-0.39, 0.29) is 5.91 Å². The van der Waals surface area contributed by atoms with E-state index >= 15 is 0 Å². The Hall–Kier alpha value is -1.81. The molecule has 21 heavy (non-hydrogen) atoms. The molecule has 0 heterocycles. The van der Waals surface area contributed by atoms with Gasteiger partial charge >= 0.3 is 0 Å². The summed E-state index contributed by atoms with van der Waals surface area (Å²) in [4.78, 5) is 12.2. The lowest BCUT2D eigenvalue weighted by molar-refractivity contribution is -0.122. The number of halogens is 1. The van der Waals surface area contributed by atoms with Crippen molar-refractivity contribution in [3.63, 3.8) is 0 Å². The maximum atomic E-state index is 12.2. The number of carbonyl (C=O) groups excluding carboxylic acids is 1. The van der Waals surface area contributed by atoms with E-state index in [4.69, 9.17) is 4.74 Å². The van der Waals surface area contributed by atoms with Gasteiger partial charge in [0.1, 0.15) is 5.75 Å². The van der Waals surface area contributed by atoms with Crippen molar-refractivity contribution in [3.8, 4) is 5.75 Å². The molecule has 2 aromatic carbocycles. The number of aryl methyl sites for hydroxylation is 1. The number of nitrogens with one attached hydrogen (secondary N) is 1. The first kappa shape index (κ1) is 15.6. The smallest absolute Gasteiger partial charge is 0.265 e. The van der Waals surface area contributed by atoms with E-state index in [0.717, 1.165) is 27.9 Å². The molecule has 0 unspecified atom stereocenters. The van der Waals surface area contributed by atoms with Crippen LogP contribution >= 0.6 is 15.9 Å². The maximum absolute atomic E-state index is 12.2. The van der Waals surface area contributed by atoms with E-state index in [9.17, 15) is 4.79 Å². The Morgan fingerprint density at radius 1 is 1.19 bits per heavy atom. The third-order valence-electron chi connectivity index (χ3n) is 3.14. The number of ether oxygens (including phenoxy) is 1. The van der Waals surface area contributed by atoms with Gasteiger partial charge in [0.25, 0.3) is 5.91 Å². The highest BCUT2D eigenvalue weighted by molar-refractivity contribution is 9.10. The summed E-state index contributed by atoms with van der Waals surface area (Å²) in [6.45, 7) is 3.81. The van der Waals surface area contributed by atoms with Crippen LogP contribution in [0.15, 0.2) is 53.0 Å². The van der Waals surface area contributed by atoms with Gasteiger partial charge in [-0.2, -0.15) is 0 Å². The normalized spacial score (nSPS) is 11.8. The lowest BCUT2D eigenvalue weighted by Crippen LogP contribution is -2.30. The fraction of sp³-hybridized carbons (Fsp3) is 0.235. The highest BCUT2D eigenvalue weighted by Crippen LogP contribution is 2.20. The number of benzene rings is 2. The molecule has 110 valence electrons. The molecule has 4 heteroatoms. The topological polar surface area (TPSA) is 38.3 Å². The van der Waals surface area contributed by atoms with Crippen LogP contribution in [-0.4, -0.2) is 12.0 Å². The number of hydrogen-bond acceptors (Lipinski definition) is 2. The van der Waals surface area contributed by atoms with Gasteiger partial charge in [-0.25, -0.2) is 0 Å². The summed E-state index contributed by atoms with van der Waals surface area (Å²) in [5.74, 6) is 0.599. The molecule has 3 nitrogen and oxygen atoms in total. The Balaban J connectivity index is 2.01. The Morgan fingerprint density at radius 2 is 1.86 bits per heavy atom. The van der Waals surface area contributed by atoms with E-state index < -0.39 is 6.10 Å². The second-order valence-corrected chi connectivity index (χ2v) is 5.63. The first-order valence-corrected chi connectivity index (χ1v) is 7.70. The van der Waals surface area contributed by atoms with E-state index in [1.54, 1.807) is 6.92 Å². The van der Waals surface area contributed by atoms with Crippen LogP contribution in [0.2, 0.25) is 0 Å². The summed E-state index contributed by atoms with van der Waals surface area (Å²) in [5.41, 5.74) is 1.85. The molecule has 0 bridgehead atoms. The van der Waals surface area contributed by atoms with Gasteiger partial charge in [0.15, 0.2) is 6.10 Å². The molecule has 0 aromatic heterocycles. The molecular formula is C17H18BrNO2. The van der Waals surface area contributed by atoms with Gasteiger partial charge in [-0.15, -0.1) is 0 Å². The molecular weight excluding hydrogens is 330 g/mol. The average Bonchev–Trinajstić information content (AvgIpc) is 2.50. The zero-order chi connectivity index (χ0) is 15.2. The van der Waals surface area contributed by atoms with Crippen LogP contribution in [0.25, 0.3) is 0 Å². The van der Waals surface area contributed by atoms with Gasteiger partial charge in [0, 0.05) is 10.2 Å². The molecule has 0 spiro atoms. The fourth-order valence-electron chi connectivity index (χ4n) is 1.93. The molecule has 0 radical (unpaired) electrons. The van der Waals surface area contributed by atoms with Crippen LogP contribution in [0.4, 0.5) is 5.69 Å². The average molecular weight is 348 g/mol. The fourth-order valence-corrected chi connectivity index (χ4v) is 2.20. The van der Waals surface area contributed by atoms with Gasteiger partial charge in [0.05, 0.1) is 0 Å². The Labute approximate surface area is 133 Å². The minimum atomic E-state index is -0.554. The predicted octanol–water partition coefficient (Wildman–Crippen LogP) is 4.42. The van der Waals surface area contributed by atoms with Crippen LogP contribution < -0.4 is 10.1 Å². The van der Waals surface area contributed by atoms with E-state index in [1.807, 2.05) is 48.5 Å². The van der Waals surface area contributed by atoms with Crippen LogP contribution in [0.3, 0.4) is 0 Å². The quantitative estimate of drug-likeness (QED) is 0.869. The van der Waals surface area contributed by atoms with Gasteiger partial charge in [-0.3, -0.25) is 4.79 Å². The molecule has 0 aliphatic carbocycles. The number of amides is 1. The van der Waals surface area contributed by atoms with Gasteiger partial charge < -0.3 is 10.1 Å². The monoisotopic (exact) mass is 347 g/mol. The molecule has 1 N–H and O–H groups in total. The summed E-state index contributed by atoms with van der Waals surface area (Å²) in [7, 11) is 0. The van der Waals surface area contributed by atoms with Crippen LogP contribution in [-0.2, 0) is 11.2 Å². The largest absolute Gasteiger partial charge is 0.481 e. The van der Waals surface area contributed by atoms with Gasteiger partial charge in [-0.1, -0.05) is 41.1 Å². The lowest BCUT2D eigenvalue weighted by atomic mass is 10.1. The van der Waals surface area contributed by atoms with Crippen molar-refractivity contribution in [2.75, 3.05) is 5.32 Å². The van der Waals surface area contributed by atoms with E-state index in [2.05, 4.69) is 28.2 Å². The Morgan fingerprint density at radius 3 is 2.52 bits per heavy atom. The molecule has 0 saturated carbocycles. The SMILES string of the molecule is CCc1ccccc1O[C@H](C)C(=O)Nc1ccc(Br)cc1. The standard InChI is InChI=1S/C17H18BrNO2/c1-3-13-6-4-5-7-16(13)21-12(2)17(20)19-15-10-8-14(18)9-11-15/h4-12H,3H2,1-2H3,(H,19,20)/t12-/m1/s1. The third-order valence-corrected chi connectivity index (χ3v) is 3.67. The number of rotatable bonds is 5. The second kappa shape index (κ2) is 7.27. The van der Waals surface area contributed by atoms with Gasteiger partial charge in [0.2, 0.25) is 0 Å². The molecule has 0 aliphatic heterocycles. The molecule has 0 fully saturated rings. The first-order valence-electron chi connectivity index (χ1n) is 6.91. The highest BCUT2D eigenvalue weighted by Gasteiger charge is 2.16. The Bertz CT molecular complexity index is 610. The van der Waals surface area contributed by atoms with Crippen LogP contribution in [0.1, 0.15) is 19.4 Å². The van der Waals surface area contributed by atoms with Gasteiger partial charge in [-0.05, 0) is 49.2 Å². The number of anilines is 1. The van der Waals surface area contributed by atoms with Crippen LogP contribution in [0.5, 0.6) is 5.75 Å². The molecule has 2 aromatic rings. The summed E-state index contributed by atoms with van der Waals surface area (Å²) < 4.78 is 6.75. The second-order valence-electron chi connectivity index (χ2n) is 4.72. The highest BCUT2D eigenvalue weighted by atomic mass is 79.9. The minimum Gasteiger partial charge on any atom is -0.481 e. The summed E-state index contributed by atoms with van der Waals surface area (Å²) in [6.07, 6.45) is 0.318. The van der Waals surface area contributed by atoms with Crippen molar-refractivity contribution in [2.45, 2.75) is 26.4 Å². The Kier molecular flexibility index (Phi) is 5.39. The predicted molar refractivity (Wildman–Crippen MR) is 88.7 cm³/mol. The van der Waals surface area contributed by atoms with Crippen molar-refractivity contribution in [3.05, 3.63) is 58.6 Å². The molecule has 0 aliphatic rings. The first-order chi connectivity index (χ1) is 10.1. The van der Waals surface area contributed by atoms with Crippen molar-refractivity contribution >= 4 is 27.5 Å².